The van der Waals surface area contributed by atoms with E-state index in [-0.39, 0.29) is 42.9 Å². The first kappa shape index (κ1) is 27.7. The highest BCUT2D eigenvalue weighted by Gasteiger charge is 2.51. The molecule has 11 heteroatoms. The van der Waals surface area contributed by atoms with Crippen molar-refractivity contribution in [2.24, 2.45) is 0 Å². The van der Waals surface area contributed by atoms with E-state index < -0.39 is 34.5 Å². The Morgan fingerprint density at radius 1 is 1.07 bits per heavy atom. The first-order valence-corrected chi connectivity index (χ1v) is 12.8. The summed E-state index contributed by atoms with van der Waals surface area (Å²) in [6.45, 7) is 3.33. The molecule has 40 heavy (non-hydrogen) atoms. The van der Waals surface area contributed by atoms with Gasteiger partial charge in [0.25, 0.3) is 0 Å². The number of rotatable bonds is 4. The van der Waals surface area contributed by atoms with Crippen LogP contribution in [0.5, 0.6) is 0 Å². The first-order valence-electron chi connectivity index (χ1n) is 12.8. The maximum absolute atomic E-state index is 14.0. The van der Waals surface area contributed by atoms with Crippen LogP contribution in [0.3, 0.4) is 0 Å². The first-order chi connectivity index (χ1) is 18.6. The number of hydrogen-bond acceptors (Lipinski definition) is 5. The van der Waals surface area contributed by atoms with Gasteiger partial charge in [-0.05, 0) is 73.7 Å². The number of anilines is 2. The number of halogens is 3. The molecule has 3 N–H and O–H groups in total. The highest BCUT2D eigenvalue weighted by Crippen LogP contribution is 2.47. The van der Waals surface area contributed by atoms with Crippen LogP contribution in [0.4, 0.5) is 20.3 Å². The van der Waals surface area contributed by atoms with Crippen molar-refractivity contribution >= 4 is 41.6 Å². The molecule has 3 amide bonds. The lowest BCUT2D eigenvalue weighted by Crippen LogP contribution is -2.63. The third-order valence-electron chi connectivity index (χ3n) is 7.96. The van der Waals surface area contributed by atoms with Gasteiger partial charge in [-0.15, -0.1) is 12.4 Å². The SMILES string of the molecule is CC1(C)NC[C@@H](c2cc(F)cc(F)c2)N(CC(=O)Nc2ccc3c(c2)C[C@@]2(C3)C(=O)Nc3ncccc32)C1=O.Cl. The van der Waals surface area contributed by atoms with E-state index in [9.17, 15) is 23.2 Å². The maximum Gasteiger partial charge on any atom is 0.244 e. The summed E-state index contributed by atoms with van der Waals surface area (Å²) in [4.78, 5) is 45.1. The number of aromatic nitrogens is 1. The molecule has 1 spiro atoms. The molecule has 0 saturated carbocycles. The van der Waals surface area contributed by atoms with E-state index in [0.29, 0.717) is 24.3 Å². The Morgan fingerprint density at radius 3 is 2.55 bits per heavy atom. The summed E-state index contributed by atoms with van der Waals surface area (Å²) in [6.07, 6.45) is 2.67. The predicted molar refractivity (Wildman–Crippen MR) is 147 cm³/mol. The summed E-state index contributed by atoms with van der Waals surface area (Å²) in [6, 6.07) is 11.7. The number of benzene rings is 2. The quantitative estimate of drug-likeness (QED) is 0.446. The lowest BCUT2D eigenvalue weighted by atomic mass is 9.79. The van der Waals surface area contributed by atoms with Crippen molar-refractivity contribution in [3.8, 4) is 0 Å². The molecule has 3 heterocycles. The van der Waals surface area contributed by atoms with Gasteiger partial charge in [0, 0.05) is 30.1 Å². The molecule has 0 radical (unpaired) electrons. The number of amides is 3. The second-order valence-corrected chi connectivity index (χ2v) is 11.0. The Kier molecular flexibility index (Phi) is 6.87. The molecule has 6 rings (SSSR count). The van der Waals surface area contributed by atoms with Gasteiger partial charge in [0.05, 0.1) is 17.0 Å². The van der Waals surface area contributed by atoms with Crippen LogP contribution in [0.2, 0.25) is 0 Å². The Morgan fingerprint density at radius 2 is 1.80 bits per heavy atom. The van der Waals surface area contributed by atoms with Crippen LogP contribution < -0.4 is 16.0 Å². The van der Waals surface area contributed by atoms with Crippen LogP contribution in [0.1, 0.15) is 42.1 Å². The monoisotopic (exact) mass is 567 g/mol. The zero-order valence-electron chi connectivity index (χ0n) is 21.9. The van der Waals surface area contributed by atoms with Crippen molar-refractivity contribution in [1.29, 1.82) is 0 Å². The zero-order chi connectivity index (χ0) is 27.5. The lowest BCUT2D eigenvalue weighted by Gasteiger charge is -2.43. The Labute approximate surface area is 236 Å². The van der Waals surface area contributed by atoms with Crippen molar-refractivity contribution in [2.45, 2.75) is 43.7 Å². The minimum Gasteiger partial charge on any atom is -0.325 e. The summed E-state index contributed by atoms with van der Waals surface area (Å²) in [5.74, 6) is -1.80. The normalized spacial score (nSPS) is 22.4. The minimum absolute atomic E-state index is 0. The fraction of sp³-hybridized carbons (Fsp3) is 0.310. The number of nitrogens with one attached hydrogen (secondary N) is 3. The molecule has 1 fully saturated rings. The molecule has 2 aromatic carbocycles. The van der Waals surface area contributed by atoms with Crippen LogP contribution in [0.15, 0.2) is 54.7 Å². The molecule has 208 valence electrons. The van der Waals surface area contributed by atoms with E-state index in [4.69, 9.17) is 0 Å². The molecule has 1 aromatic heterocycles. The van der Waals surface area contributed by atoms with E-state index in [1.807, 2.05) is 24.3 Å². The van der Waals surface area contributed by atoms with Gasteiger partial charge in [-0.2, -0.15) is 0 Å². The molecule has 2 atom stereocenters. The number of piperazine rings is 1. The minimum atomic E-state index is -0.947. The summed E-state index contributed by atoms with van der Waals surface area (Å²) >= 11 is 0. The summed E-state index contributed by atoms with van der Waals surface area (Å²) < 4.78 is 27.9. The fourth-order valence-corrected chi connectivity index (χ4v) is 5.99. The molecule has 3 aromatic rings. The van der Waals surface area contributed by atoms with Gasteiger partial charge in [-0.3, -0.25) is 14.4 Å². The highest BCUT2D eigenvalue weighted by molar-refractivity contribution is 6.06. The number of carbonyl (C=O) groups excluding carboxylic acids is 3. The van der Waals surface area contributed by atoms with Crippen LogP contribution in [-0.2, 0) is 32.6 Å². The van der Waals surface area contributed by atoms with E-state index in [1.54, 1.807) is 26.1 Å². The molecule has 0 unspecified atom stereocenters. The van der Waals surface area contributed by atoms with Crippen molar-refractivity contribution in [2.75, 3.05) is 23.7 Å². The Bertz CT molecular complexity index is 1530. The average molecular weight is 568 g/mol. The van der Waals surface area contributed by atoms with E-state index in [2.05, 4.69) is 20.9 Å². The van der Waals surface area contributed by atoms with E-state index in [1.165, 1.54) is 17.0 Å². The second kappa shape index (κ2) is 9.94. The lowest BCUT2D eigenvalue weighted by molar-refractivity contribution is -0.146. The van der Waals surface area contributed by atoms with Crippen molar-refractivity contribution in [1.82, 2.24) is 15.2 Å². The van der Waals surface area contributed by atoms with E-state index >= 15 is 0 Å². The number of fused-ring (bicyclic) bond motifs is 3. The third-order valence-corrected chi connectivity index (χ3v) is 7.96. The maximum atomic E-state index is 14.0. The van der Waals surface area contributed by atoms with Crippen molar-refractivity contribution < 1.29 is 23.2 Å². The topological polar surface area (TPSA) is 103 Å². The second-order valence-electron chi connectivity index (χ2n) is 11.0. The van der Waals surface area contributed by atoms with Crippen molar-refractivity contribution in [3.63, 3.8) is 0 Å². The molecule has 3 aliphatic rings. The van der Waals surface area contributed by atoms with Gasteiger partial charge in [0.2, 0.25) is 17.7 Å². The molecule has 8 nitrogen and oxygen atoms in total. The van der Waals surface area contributed by atoms with E-state index in [0.717, 1.165) is 22.8 Å². The Balaban J connectivity index is 0.00000323. The standard InChI is InChI=1S/C29H27F2N5O3.ClH/c1-28(2)27(39)36(23(14-33-28)17-8-19(30)11-20(31)9-17)15-24(37)34-21-6-5-16-12-29(13-18(16)10-21)22-4-3-7-32-25(22)35-26(29)38;/h3-11,23,33H,12-15H2,1-2H3,(H,34,37)(H,32,35,38);1H/t23-,29+;/m0./s1. The number of carbonyl (C=O) groups is 3. The number of nitrogens with zero attached hydrogens (tertiary/aromatic N) is 2. The van der Waals surface area contributed by atoms with Gasteiger partial charge < -0.3 is 20.9 Å². The highest BCUT2D eigenvalue weighted by atomic mass is 35.5. The molecule has 1 aliphatic carbocycles. The van der Waals surface area contributed by atoms with Gasteiger partial charge >= 0.3 is 0 Å². The van der Waals surface area contributed by atoms with Crippen LogP contribution in [0, 0.1) is 11.6 Å². The summed E-state index contributed by atoms with van der Waals surface area (Å²) in [5.41, 5.74) is 1.98. The number of hydrogen-bond donors (Lipinski definition) is 3. The fourth-order valence-electron chi connectivity index (χ4n) is 5.99. The predicted octanol–water partition coefficient (Wildman–Crippen LogP) is 3.66. The number of pyridine rings is 1. The molecule has 1 saturated heterocycles. The summed E-state index contributed by atoms with van der Waals surface area (Å²) in [5, 5.41) is 8.85. The summed E-state index contributed by atoms with van der Waals surface area (Å²) in [7, 11) is 0. The van der Waals surface area contributed by atoms with Gasteiger partial charge in [-0.25, -0.2) is 13.8 Å². The van der Waals surface area contributed by atoms with Gasteiger partial charge in [-0.1, -0.05) is 12.1 Å². The van der Waals surface area contributed by atoms with Gasteiger partial charge in [0.15, 0.2) is 0 Å². The molecular weight excluding hydrogens is 540 g/mol. The molecular formula is C29H28ClF2N5O3. The molecule has 0 bridgehead atoms. The largest absolute Gasteiger partial charge is 0.325 e. The van der Waals surface area contributed by atoms with Crippen LogP contribution in [0.25, 0.3) is 0 Å². The van der Waals surface area contributed by atoms with Crippen molar-refractivity contribution in [3.05, 3.63) is 88.6 Å². The third kappa shape index (κ3) is 4.61. The molecule has 2 aliphatic heterocycles. The zero-order valence-corrected chi connectivity index (χ0v) is 22.7. The average Bonchev–Trinajstić information content (AvgIpc) is 3.38. The van der Waals surface area contributed by atoms with Gasteiger partial charge in [0.1, 0.15) is 24.0 Å². The van der Waals surface area contributed by atoms with Crippen LogP contribution in [-0.4, -0.2) is 46.2 Å². The van der Waals surface area contributed by atoms with Crippen LogP contribution >= 0.6 is 12.4 Å². The smallest absolute Gasteiger partial charge is 0.244 e. The Hall–Kier alpha value is -3.89.